The maximum atomic E-state index is 12.1. The molecule has 2 rings (SSSR count). The average molecular weight is 497 g/mol. The molecule has 0 saturated heterocycles. The Bertz CT molecular complexity index is 1030. The second-order valence-electron chi connectivity index (χ2n) is 9.18. The van der Waals surface area contributed by atoms with Gasteiger partial charge in [0.2, 0.25) is 0 Å². The van der Waals surface area contributed by atoms with E-state index in [-0.39, 0.29) is 17.9 Å². The molecule has 0 heterocycles. The van der Waals surface area contributed by atoms with E-state index in [1.54, 1.807) is 43.3 Å². The fourth-order valence-electron chi connectivity index (χ4n) is 4.00. The predicted molar refractivity (Wildman–Crippen MR) is 138 cm³/mol. The summed E-state index contributed by atoms with van der Waals surface area (Å²) in [6.45, 7) is 14.6. The molecule has 7 heteroatoms. The molecule has 2 aromatic rings. The number of hydrogen-bond acceptors (Lipinski definition) is 5. The maximum absolute atomic E-state index is 12.1. The van der Waals surface area contributed by atoms with Crippen LogP contribution in [0.1, 0.15) is 49.4 Å². The first-order valence-corrected chi connectivity index (χ1v) is 11.3. The third kappa shape index (κ3) is 5.13. The summed E-state index contributed by atoms with van der Waals surface area (Å²) in [4.78, 5) is 0. The normalized spacial score (nSPS) is 16.7. The molecular formula is C25H31Cl2NO3S. The van der Waals surface area contributed by atoms with Crippen molar-refractivity contribution < 1.29 is 15.3 Å². The standard InChI is InChI=1S/C25H31Cl2NO3S/c1-14-9-17(7-8-21(14)15(2)29)25(31,22(32)16(3)30)13-24(6,23(4,5)28)18-10-19(26)12-20(27)11-18/h7-12,22,29-32H,2-3,13,28H2,1,4-6H3. The smallest absolute Gasteiger partial charge is 0.115 e. The molecule has 0 amide bonds. The van der Waals surface area contributed by atoms with E-state index in [1.807, 2.05) is 20.8 Å². The SMILES string of the molecule is C=C(O)c1ccc(C(O)(CC(C)(c2cc(Cl)cc(Cl)c2)C(C)(C)N)C(S)C(=C)O)cc1C. The summed E-state index contributed by atoms with van der Waals surface area (Å²) >= 11 is 17.1. The molecule has 0 radical (unpaired) electrons. The van der Waals surface area contributed by atoms with Gasteiger partial charge in [0.1, 0.15) is 17.1 Å². The van der Waals surface area contributed by atoms with Gasteiger partial charge in [0.25, 0.3) is 0 Å². The monoisotopic (exact) mass is 495 g/mol. The molecule has 5 N–H and O–H groups in total. The Labute approximate surface area is 205 Å². The first-order chi connectivity index (χ1) is 14.5. The van der Waals surface area contributed by atoms with Gasteiger partial charge in [-0.2, -0.15) is 12.6 Å². The largest absolute Gasteiger partial charge is 0.512 e. The van der Waals surface area contributed by atoms with Crippen LogP contribution in [0.4, 0.5) is 0 Å². The molecular weight excluding hydrogens is 465 g/mol. The van der Waals surface area contributed by atoms with Crippen LogP contribution in [0.25, 0.3) is 5.76 Å². The van der Waals surface area contributed by atoms with Gasteiger partial charge in [0.15, 0.2) is 0 Å². The predicted octanol–water partition coefficient (Wildman–Crippen LogP) is 6.47. The fourth-order valence-corrected chi connectivity index (χ4v) is 4.77. The van der Waals surface area contributed by atoms with Crippen LogP contribution in [0.15, 0.2) is 55.3 Å². The number of hydrogen-bond donors (Lipinski definition) is 5. The van der Waals surface area contributed by atoms with Crippen LogP contribution in [0, 0.1) is 6.92 Å². The number of nitrogens with two attached hydrogens (primary N) is 1. The van der Waals surface area contributed by atoms with Crippen LogP contribution in [0.3, 0.4) is 0 Å². The molecule has 174 valence electrons. The van der Waals surface area contributed by atoms with E-state index in [0.29, 0.717) is 26.7 Å². The minimum Gasteiger partial charge on any atom is -0.512 e. The van der Waals surface area contributed by atoms with Crippen LogP contribution in [-0.2, 0) is 11.0 Å². The zero-order valence-corrected chi connectivity index (χ0v) is 21.2. The number of aryl methyl sites for hydroxylation is 1. The molecule has 2 aromatic carbocycles. The molecule has 0 aliphatic heterocycles. The van der Waals surface area contributed by atoms with Gasteiger partial charge in [-0.25, -0.2) is 0 Å². The summed E-state index contributed by atoms with van der Waals surface area (Å²) in [5, 5.41) is 32.0. The van der Waals surface area contributed by atoms with Crippen LogP contribution >= 0.6 is 35.8 Å². The minimum atomic E-state index is -1.69. The van der Waals surface area contributed by atoms with E-state index in [1.165, 1.54) is 0 Å². The van der Waals surface area contributed by atoms with Gasteiger partial charge < -0.3 is 21.1 Å². The van der Waals surface area contributed by atoms with Gasteiger partial charge in [-0.15, -0.1) is 0 Å². The van der Waals surface area contributed by atoms with Crippen molar-refractivity contribution in [1.29, 1.82) is 0 Å². The minimum absolute atomic E-state index is 0.0623. The van der Waals surface area contributed by atoms with E-state index in [2.05, 4.69) is 25.8 Å². The van der Waals surface area contributed by atoms with Crippen LogP contribution in [0.2, 0.25) is 10.0 Å². The molecule has 0 saturated carbocycles. The molecule has 0 aliphatic rings. The quantitative estimate of drug-likeness (QED) is 0.214. The Morgan fingerprint density at radius 3 is 1.97 bits per heavy atom. The fraction of sp³-hybridized carbons (Fsp3) is 0.360. The molecule has 0 bridgehead atoms. The topological polar surface area (TPSA) is 86.7 Å². The lowest BCUT2D eigenvalue weighted by atomic mass is 9.61. The lowest BCUT2D eigenvalue weighted by Crippen LogP contribution is -2.57. The third-order valence-electron chi connectivity index (χ3n) is 6.35. The van der Waals surface area contributed by atoms with Gasteiger partial charge >= 0.3 is 0 Å². The van der Waals surface area contributed by atoms with Gasteiger partial charge in [-0.3, -0.25) is 0 Å². The number of benzene rings is 2. The van der Waals surface area contributed by atoms with E-state index < -0.39 is 21.8 Å². The van der Waals surface area contributed by atoms with Gasteiger partial charge in [0, 0.05) is 26.6 Å². The summed E-state index contributed by atoms with van der Waals surface area (Å²) in [5.74, 6) is -0.362. The number of aliphatic hydroxyl groups excluding tert-OH is 2. The molecule has 32 heavy (non-hydrogen) atoms. The van der Waals surface area contributed by atoms with E-state index in [0.717, 1.165) is 5.56 Å². The Kier molecular flexibility index (Phi) is 7.75. The molecule has 3 atom stereocenters. The number of aliphatic hydroxyl groups is 3. The lowest BCUT2D eigenvalue weighted by molar-refractivity contribution is -0.00785. The van der Waals surface area contributed by atoms with Gasteiger partial charge in [0.05, 0.1) is 5.25 Å². The zero-order chi connectivity index (χ0) is 24.6. The van der Waals surface area contributed by atoms with Crippen molar-refractivity contribution in [1.82, 2.24) is 0 Å². The highest BCUT2D eigenvalue weighted by molar-refractivity contribution is 7.81. The first-order valence-electron chi connectivity index (χ1n) is 10.1. The molecule has 3 unspecified atom stereocenters. The zero-order valence-electron chi connectivity index (χ0n) is 18.8. The van der Waals surface area contributed by atoms with Crippen molar-refractivity contribution in [3.05, 3.63) is 87.6 Å². The third-order valence-corrected chi connectivity index (χ3v) is 7.51. The highest BCUT2D eigenvalue weighted by Crippen LogP contribution is 2.48. The van der Waals surface area contributed by atoms with E-state index in [9.17, 15) is 15.3 Å². The van der Waals surface area contributed by atoms with Gasteiger partial charge in [-0.05, 0) is 62.1 Å². The molecule has 4 nitrogen and oxygen atoms in total. The summed E-state index contributed by atoms with van der Waals surface area (Å²) in [5.41, 5.74) is 5.75. The van der Waals surface area contributed by atoms with Crippen molar-refractivity contribution in [2.75, 3.05) is 0 Å². The van der Waals surface area contributed by atoms with Crippen molar-refractivity contribution in [2.45, 2.75) is 55.9 Å². The number of rotatable bonds is 8. The Morgan fingerprint density at radius 2 is 1.56 bits per heavy atom. The average Bonchev–Trinajstić information content (AvgIpc) is 2.64. The van der Waals surface area contributed by atoms with Crippen LogP contribution in [0.5, 0.6) is 0 Å². The second-order valence-corrected chi connectivity index (χ2v) is 10.6. The molecule has 0 aliphatic carbocycles. The second kappa shape index (κ2) is 9.32. The van der Waals surface area contributed by atoms with Crippen molar-refractivity contribution in [2.24, 2.45) is 5.73 Å². The highest BCUT2D eigenvalue weighted by Gasteiger charge is 2.50. The Balaban J connectivity index is 2.77. The first kappa shape index (κ1) is 26.6. The van der Waals surface area contributed by atoms with Crippen molar-refractivity contribution in [3.63, 3.8) is 0 Å². The van der Waals surface area contributed by atoms with Crippen LogP contribution in [-0.4, -0.2) is 26.1 Å². The summed E-state index contributed by atoms with van der Waals surface area (Å²) in [6, 6.07) is 10.2. The summed E-state index contributed by atoms with van der Waals surface area (Å²) in [6.07, 6.45) is 0.0623. The Hall–Kier alpha value is -1.63. The van der Waals surface area contributed by atoms with E-state index >= 15 is 0 Å². The van der Waals surface area contributed by atoms with E-state index in [4.69, 9.17) is 28.9 Å². The number of halogens is 2. The Morgan fingerprint density at radius 1 is 1.03 bits per heavy atom. The maximum Gasteiger partial charge on any atom is 0.115 e. The van der Waals surface area contributed by atoms with Crippen molar-refractivity contribution >= 4 is 41.6 Å². The van der Waals surface area contributed by atoms with Crippen LogP contribution < -0.4 is 5.73 Å². The summed E-state index contributed by atoms with van der Waals surface area (Å²) in [7, 11) is 0. The summed E-state index contributed by atoms with van der Waals surface area (Å²) < 4.78 is 0. The molecule has 0 spiro atoms. The highest BCUT2D eigenvalue weighted by atomic mass is 35.5. The van der Waals surface area contributed by atoms with Crippen molar-refractivity contribution in [3.8, 4) is 0 Å². The lowest BCUT2D eigenvalue weighted by Gasteiger charge is -2.48. The number of thiol groups is 1. The molecule has 0 aromatic heterocycles. The molecule has 0 fully saturated rings. The van der Waals surface area contributed by atoms with Gasteiger partial charge in [-0.1, -0.05) is 61.5 Å².